The molecule has 27 heavy (non-hydrogen) atoms. The molecule has 142 valence electrons. The molecule has 8 nitrogen and oxygen atoms in total. The van der Waals surface area contributed by atoms with Crippen LogP contribution in [0.15, 0.2) is 47.6 Å². The fraction of sp³-hybridized carbons (Fsp3) is 0.222. The molecule has 2 rings (SSSR count). The fourth-order valence-corrected chi connectivity index (χ4v) is 2.29. The van der Waals surface area contributed by atoms with Crippen LogP contribution in [-0.4, -0.2) is 29.7 Å². The van der Waals surface area contributed by atoms with Gasteiger partial charge in [-0.3, -0.25) is 14.9 Å². The minimum atomic E-state index is -0.517. The highest BCUT2D eigenvalue weighted by Crippen LogP contribution is 2.28. The zero-order valence-corrected chi connectivity index (χ0v) is 15.6. The van der Waals surface area contributed by atoms with E-state index in [4.69, 9.17) is 16.3 Å². The van der Waals surface area contributed by atoms with Crippen LogP contribution in [0, 0.1) is 10.1 Å². The number of halogens is 1. The van der Waals surface area contributed by atoms with Gasteiger partial charge < -0.3 is 10.1 Å². The molecule has 0 aliphatic carbocycles. The van der Waals surface area contributed by atoms with E-state index in [0.29, 0.717) is 22.9 Å². The predicted octanol–water partition coefficient (Wildman–Crippen LogP) is 3.60. The number of rotatable bonds is 8. The van der Waals surface area contributed by atoms with E-state index < -0.39 is 4.92 Å². The lowest BCUT2D eigenvalue weighted by Gasteiger charge is -2.08. The summed E-state index contributed by atoms with van der Waals surface area (Å²) in [6.45, 7) is 3.73. The van der Waals surface area contributed by atoms with Crippen LogP contribution >= 0.6 is 11.6 Å². The number of nitro groups is 1. The van der Waals surface area contributed by atoms with Crippen LogP contribution < -0.4 is 15.5 Å². The van der Waals surface area contributed by atoms with Crippen LogP contribution in [-0.2, 0) is 4.79 Å². The van der Waals surface area contributed by atoms with Crippen molar-refractivity contribution in [1.82, 2.24) is 5.43 Å². The summed E-state index contributed by atoms with van der Waals surface area (Å²) in [6.07, 6.45) is 0. The first kappa shape index (κ1) is 20.2. The summed E-state index contributed by atoms with van der Waals surface area (Å²) < 4.78 is 5.24. The first-order chi connectivity index (χ1) is 12.9. The third-order valence-corrected chi connectivity index (χ3v) is 3.77. The summed E-state index contributed by atoms with van der Waals surface area (Å²) in [6, 6.07) is 11.5. The SMILES string of the molecule is CCOc1ccc(/C(C)=N\NC(=O)CNc2ccc(Cl)cc2)cc1[N+](=O)[O-]. The van der Waals surface area contributed by atoms with Gasteiger partial charge >= 0.3 is 5.69 Å². The molecule has 0 radical (unpaired) electrons. The Labute approximate surface area is 161 Å². The summed E-state index contributed by atoms with van der Waals surface area (Å²) >= 11 is 5.80. The van der Waals surface area contributed by atoms with Crippen LogP contribution in [0.3, 0.4) is 0 Å². The first-order valence-electron chi connectivity index (χ1n) is 8.15. The molecular weight excluding hydrogens is 372 g/mol. The van der Waals surface area contributed by atoms with Crippen molar-refractivity contribution < 1.29 is 14.5 Å². The minimum absolute atomic E-state index is 0.0157. The van der Waals surface area contributed by atoms with Gasteiger partial charge in [0.2, 0.25) is 0 Å². The van der Waals surface area contributed by atoms with Crippen molar-refractivity contribution in [2.24, 2.45) is 5.10 Å². The number of hydrazone groups is 1. The Kier molecular flexibility index (Phi) is 7.13. The van der Waals surface area contributed by atoms with Crippen molar-refractivity contribution in [3.05, 3.63) is 63.2 Å². The molecule has 0 heterocycles. The number of carbonyl (C=O) groups excluding carboxylic acids is 1. The maximum atomic E-state index is 11.9. The quantitative estimate of drug-likeness (QED) is 0.407. The molecule has 1 amide bonds. The maximum absolute atomic E-state index is 11.9. The highest BCUT2D eigenvalue weighted by atomic mass is 35.5. The molecule has 2 aromatic carbocycles. The molecule has 0 saturated carbocycles. The standard InChI is InChI=1S/C18H19ClN4O4/c1-3-27-17-9-4-13(10-16(17)23(25)26)12(2)21-22-18(24)11-20-15-7-5-14(19)6-8-15/h4-10,20H,3,11H2,1-2H3,(H,22,24)/b21-12-. The van der Waals surface area contributed by atoms with Gasteiger partial charge in [0.25, 0.3) is 5.91 Å². The first-order valence-corrected chi connectivity index (χ1v) is 8.52. The third-order valence-electron chi connectivity index (χ3n) is 3.52. The summed E-state index contributed by atoms with van der Waals surface area (Å²) in [7, 11) is 0. The zero-order chi connectivity index (χ0) is 19.8. The second kappa shape index (κ2) is 9.54. The molecule has 0 bridgehead atoms. The normalized spacial score (nSPS) is 11.0. The van der Waals surface area contributed by atoms with Crippen molar-refractivity contribution in [1.29, 1.82) is 0 Å². The lowest BCUT2D eigenvalue weighted by Crippen LogP contribution is -2.26. The minimum Gasteiger partial charge on any atom is -0.487 e. The smallest absolute Gasteiger partial charge is 0.311 e. The van der Waals surface area contributed by atoms with Gasteiger partial charge in [0.1, 0.15) is 0 Å². The number of hydrogen-bond donors (Lipinski definition) is 2. The molecule has 0 saturated heterocycles. The summed E-state index contributed by atoms with van der Waals surface area (Å²) in [5, 5.41) is 18.7. The van der Waals surface area contributed by atoms with Crippen LogP contribution in [0.1, 0.15) is 19.4 Å². The molecule has 0 fully saturated rings. The predicted molar refractivity (Wildman–Crippen MR) is 105 cm³/mol. The highest BCUT2D eigenvalue weighted by Gasteiger charge is 2.16. The van der Waals surface area contributed by atoms with Crippen molar-refractivity contribution in [3.8, 4) is 5.75 Å². The molecule has 0 atom stereocenters. The Morgan fingerprint density at radius 1 is 1.26 bits per heavy atom. The average molecular weight is 391 g/mol. The molecule has 0 aliphatic heterocycles. The number of nitrogens with zero attached hydrogens (tertiary/aromatic N) is 2. The molecule has 0 aromatic heterocycles. The van der Waals surface area contributed by atoms with Gasteiger partial charge in [-0.15, -0.1) is 0 Å². The van der Waals surface area contributed by atoms with Gasteiger partial charge in [-0.05, 0) is 50.2 Å². The van der Waals surface area contributed by atoms with E-state index in [1.54, 1.807) is 44.2 Å². The van der Waals surface area contributed by atoms with Crippen LogP contribution in [0.4, 0.5) is 11.4 Å². The Balaban J connectivity index is 1.99. The Morgan fingerprint density at radius 2 is 1.96 bits per heavy atom. The van der Waals surface area contributed by atoms with Gasteiger partial charge in [0.05, 0.1) is 23.8 Å². The van der Waals surface area contributed by atoms with E-state index in [9.17, 15) is 14.9 Å². The average Bonchev–Trinajstić information content (AvgIpc) is 2.66. The molecule has 2 N–H and O–H groups in total. The summed E-state index contributed by atoms with van der Waals surface area (Å²) in [5.41, 5.74) is 3.95. The lowest BCUT2D eigenvalue weighted by atomic mass is 10.1. The molecule has 0 unspecified atom stereocenters. The van der Waals surface area contributed by atoms with Crippen LogP contribution in [0.5, 0.6) is 5.75 Å². The number of amides is 1. The fourth-order valence-electron chi connectivity index (χ4n) is 2.16. The molecule has 2 aromatic rings. The number of benzene rings is 2. The monoisotopic (exact) mass is 390 g/mol. The van der Waals surface area contributed by atoms with E-state index in [1.807, 2.05) is 0 Å². The van der Waals surface area contributed by atoms with Gasteiger partial charge in [0, 0.05) is 22.3 Å². The number of nitro benzene ring substituents is 1. The van der Waals surface area contributed by atoms with Gasteiger partial charge in [-0.25, -0.2) is 5.43 Å². The molecular formula is C18H19ClN4O4. The largest absolute Gasteiger partial charge is 0.487 e. The van der Waals surface area contributed by atoms with E-state index >= 15 is 0 Å². The molecule has 0 aliphatic rings. The topological polar surface area (TPSA) is 106 Å². The van der Waals surface area contributed by atoms with Gasteiger partial charge in [-0.1, -0.05) is 11.6 Å². The van der Waals surface area contributed by atoms with Crippen molar-refractivity contribution >= 4 is 34.6 Å². The van der Waals surface area contributed by atoms with Crippen LogP contribution in [0.2, 0.25) is 5.02 Å². The van der Waals surface area contributed by atoms with Crippen molar-refractivity contribution in [3.63, 3.8) is 0 Å². The Bertz CT molecular complexity index is 853. The third kappa shape index (κ3) is 5.96. The van der Waals surface area contributed by atoms with Crippen molar-refractivity contribution in [2.75, 3.05) is 18.5 Å². The number of anilines is 1. The number of hydrogen-bond acceptors (Lipinski definition) is 6. The zero-order valence-electron chi connectivity index (χ0n) is 14.9. The summed E-state index contributed by atoms with van der Waals surface area (Å²) in [4.78, 5) is 22.6. The van der Waals surface area contributed by atoms with Gasteiger partial charge in [0.15, 0.2) is 5.75 Å². The van der Waals surface area contributed by atoms with Gasteiger partial charge in [-0.2, -0.15) is 5.10 Å². The van der Waals surface area contributed by atoms with E-state index in [-0.39, 0.29) is 23.9 Å². The lowest BCUT2D eigenvalue weighted by molar-refractivity contribution is -0.385. The second-order valence-corrected chi connectivity index (χ2v) is 5.90. The summed E-state index contributed by atoms with van der Waals surface area (Å²) in [5.74, 6) is -0.167. The molecule has 0 spiro atoms. The number of carbonyl (C=O) groups is 1. The van der Waals surface area contributed by atoms with Crippen LogP contribution in [0.25, 0.3) is 0 Å². The van der Waals surface area contributed by atoms with Crippen molar-refractivity contribution in [2.45, 2.75) is 13.8 Å². The maximum Gasteiger partial charge on any atom is 0.311 e. The van der Waals surface area contributed by atoms with E-state index in [0.717, 1.165) is 5.69 Å². The number of ether oxygens (including phenoxy) is 1. The second-order valence-electron chi connectivity index (χ2n) is 5.47. The molecule has 9 heteroatoms. The Morgan fingerprint density at radius 3 is 2.59 bits per heavy atom. The number of nitrogens with one attached hydrogen (secondary N) is 2. The van der Waals surface area contributed by atoms with E-state index in [2.05, 4.69) is 15.8 Å². The Hall–Kier alpha value is -3.13. The highest BCUT2D eigenvalue weighted by molar-refractivity contribution is 6.30. The van der Waals surface area contributed by atoms with E-state index in [1.165, 1.54) is 12.1 Å².